The molecular weight excluding hydrogens is 555 g/mol. The van der Waals surface area contributed by atoms with Gasteiger partial charge < -0.3 is 19.2 Å². The number of halogens is 4. The summed E-state index contributed by atoms with van der Waals surface area (Å²) >= 11 is 12.2. The summed E-state index contributed by atoms with van der Waals surface area (Å²) in [6.07, 6.45) is 2.57. The molecule has 1 aliphatic heterocycles. The molecule has 2 aromatic heterocycles. The smallest absolute Gasteiger partial charge is 0.387 e. The molecule has 5 rings (SSSR count). The molecule has 1 N–H and O–H groups in total. The lowest BCUT2D eigenvalue weighted by Crippen LogP contribution is -2.40. The molecule has 1 fully saturated rings. The van der Waals surface area contributed by atoms with E-state index in [2.05, 4.69) is 15.0 Å². The van der Waals surface area contributed by atoms with E-state index in [1.54, 1.807) is 0 Å². The van der Waals surface area contributed by atoms with Crippen LogP contribution >= 0.6 is 23.2 Å². The summed E-state index contributed by atoms with van der Waals surface area (Å²) in [7, 11) is -3.90. The van der Waals surface area contributed by atoms with Crippen LogP contribution in [0.25, 0.3) is 21.9 Å². The van der Waals surface area contributed by atoms with Gasteiger partial charge in [0.1, 0.15) is 5.58 Å². The number of nitrogens with zero attached hydrogens (tertiary/aromatic N) is 2. The molecule has 0 spiro atoms. The Balaban J connectivity index is 1.68. The van der Waals surface area contributed by atoms with Crippen molar-refractivity contribution in [3.63, 3.8) is 0 Å². The molecule has 0 bridgehead atoms. The van der Waals surface area contributed by atoms with Crippen LogP contribution in [0.1, 0.15) is 10.4 Å². The number of ether oxygens (including phenoxy) is 2. The van der Waals surface area contributed by atoms with Crippen LogP contribution in [0, 0.1) is 0 Å². The second kappa shape index (κ2) is 10.0. The lowest BCUT2D eigenvalue weighted by atomic mass is 10.0. The van der Waals surface area contributed by atoms with E-state index in [0.717, 1.165) is 6.07 Å². The highest BCUT2D eigenvalue weighted by atomic mass is 35.5. The number of rotatable bonds is 6. The minimum absolute atomic E-state index is 0.0137. The van der Waals surface area contributed by atoms with E-state index in [1.807, 2.05) is 0 Å². The van der Waals surface area contributed by atoms with Crippen molar-refractivity contribution in [3.8, 4) is 5.75 Å². The summed E-state index contributed by atoms with van der Waals surface area (Å²) in [5.74, 6) is -1.02. The molecular formula is C23H17Cl2F2N3O6S. The zero-order valence-electron chi connectivity index (χ0n) is 18.7. The molecule has 37 heavy (non-hydrogen) atoms. The number of fused-ring (bicyclic) bond motifs is 3. The SMILES string of the molecule is O=C(Nc1c(Cl)cncc1Cl)c1ccc(OC(F)F)c2oc3ccc(S(=O)(=O)N4CCOCC4)cc3c12. The van der Waals surface area contributed by atoms with E-state index in [0.29, 0.717) is 0 Å². The van der Waals surface area contributed by atoms with Gasteiger partial charge in [-0.25, -0.2) is 8.42 Å². The van der Waals surface area contributed by atoms with Gasteiger partial charge in [-0.3, -0.25) is 9.78 Å². The number of furan rings is 1. The Morgan fingerprint density at radius 3 is 2.49 bits per heavy atom. The Morgan fingerprint density at radius 2 is 1.81 bits per heavy atom. The number of anilines is 1. The molecule has 0 saturated carbocycles. The van der Waals surface area contributed by atoms with Gasteiger partial charge in [-0.15, -0.1) is 0 Å². The van der Waals surface area contributed by atoms with Gasteiger partial charge in [0.2, 0.25) is 10.0 Å². The highest BCUT2D eigenvalue weighted by molar-refractivity contribution is 7.89. The van der Waals surface area contributed by atoms with Gasteiger partial charge in [0, 0.05) is 36.3 Å². The van der Waals surface area contributed by atoms with Gasteiger partial charge >= 0.3 is 6.61 Å². The molecule has 2 aromatic carbocycles. The summed E-state index contributed by atoms with van der Waals surface area (Å²) in [5.41, 5.74) is 0.0825. The molecule has 4 aromatic rings. The van der Waals surface area contributed by atoms with Gasteiger partial charge in [-0.05, 0) is 30.3 Å². The van der Waals surface area contributed by atoms with Gasteiger partial charge in [-0.1, -0.05) is 23.2 Å². The minimum Gasteiger partial charge on any atom is -0.452 e. The molecule has 9 nitrogen and oxygen atoms in total. The molecule has 14 heteroatoms. The van der Waals surface area contributed by atoms with Crippen LogP contribution in [-0.2, 0) is 14.8 Å². The van der Waals surface area contributed by atoms with Crippen LogP contribution in [0.2, 0.25) is 10.0 Å². The van der Waals surface area contributed by atoms with E-state index in [9.17, 15) is 22.0 Å². The molecule has 3 heterocycles. The number of aromatic nitrogens is 1. The van der Waals surface area contributed by atoms with Crippen molar-refractivity contribution >= 4 is 66.8 Å². The highest BCUT2D eigenvalue weighted by Gasteiger charge is 2.28. The molecule has 0 radical (unpaired) electrons. The largest absolute Gasteiger partial charge is 0.452 e. The summed E-state index contributed by atoms with van der Waals surface area (Å²) < 4.78 is 69.5. The Labute approximate surface area is 218 Å². The Kier molecular flexibility index (Phi) is 6.94. The molecule has 0 atom stereocenters. The van der Waals surface area contributed by atoms with Crippen molar-refractivity contribution in [3.05, 3.63) is 58.3 Å². The number of nitrogens with one attached hydrogen (secondary N) is 1. The van der Waals surface area contributed by atoms with E-state index in [1.165, 1.54) is 41.0 Å². The Bertz CT molecular complexity index is 1600. The van der Waals surface area contributed by atoms with Crippen molar-refractivity contribution in [2.75, 3.05) is 31.6 Å². The second-order valence-corrected chi connectivity index (χ2v) is 10.7. The molecule has 194 valence electrons. The van der Waals surface area contributed by atoms with Crippen molar-refractivity contribution in [2.24, 2.45) is 0 Å². The monoisotopic (exact) mass is 571 g/mol. The summed E-state index contributed by atoms with van der Waals surface area (Å²) in [6, 6.07) is 6.50. The summed E-state index contributed by atoms with van der Waals surface area (Å²) in [6.45, 7) is -2.29. The second-order valence-electron chi connectivity index (χ2n) is 7.90. The number of alkyl halides is 2. The van der Waals surface area contributed by atoms with E-state index in [4.69, 9.17) is 32.4 Å². The van der Waals surface area contributed by atoms with Crippen LogP contribution in [0.3, 0.4) is 0 Å². The summed E-state index contributed by atoms with van der Waals surface area (Å²) in [4.78, 5) is 17.1. The molecule has 0 aliphatic carbocycles. The number of carbonyl (C=O) groups excluding carboxylic acids is 1. The van der Waals surface area contributed by atoms with Gasteiger partial charge in [-0.2, -0.15) is 13.1 Å². The zero-order valence-corrected chi connectivity index (χ0v) is 21.0. The van der Waals surface area contributed by atoms with Crippen molar-refractivity contribution in [1.82, 2.24) is 9.29 Å². The van der Waals surface area contributed by atoms with Crippen LogP contribution in [0.15, 0.2) is 52.0 Å². The molecule has 1 amide bonds. The number of morpholine rings is 1. The summed E-state index contributed by atoms with van der Waals surface area (Å²) in [5, 5.41) is 3.02. The average molecular weight is 572 g/mol. The van der Waals surface area contributed by atoms with Crippen LogP contribution in [0.5, 0.6) is 5.75 Å². The topological polar surface area (TPSA) is 111 Å². The van der Waals surface area contributed by atoms with Gasteiger partial charge in [0.15, 0.2) is 11.3 Å². The fourth-order valence-corrected chi connectivity index (χ4v) is 5.92. The van der Waals surface area contributed by atoms with Crippen LogP contribution in [0.4, 0.5) is 14.5 Å². The fraction of sp³-hybridized carbons (Fsp3) is 0.217. The maximum atomic E-state index is 13.3. The van der Waals surface area contributed by atoms with Crippen molar-refractivity contribution in [2.45, 2.75) is 11.5 Å². The number of pyridine rings is 1. The van der Waals surface area contributed by atoms with Gasteiger partial charge in [0.05, 0.1) is 39.4 Å². The first-order chi connectivity index (χ1) is 17.7. The quantitative estimate of drug-likeness (QED) is 0.340. The predicted octanol–water partition coefficient (Wildman–Crippen LogP) is 5.16. The van der Waals surface area contributed by atoms with Crippen molar-refractivity contribution < 1.29 is 35.9 Å². The maximum Gasteiger partial charge on any atom is 0.387 e. The average Bonchev–Trinajstić information content (AvgIpc) is 3.26. The number of hydrogen-bond acceptors (Lipinski definition) is 7. The molecule has 1 saturated heterocycles. The number of carbonyl (C=O) groups is 1. The van der Waals surface area contributed by atoms with E-state index >= 15 is 0 Å². The fourth-order valence-electron chi connectivity index (χ4n) is 4.02. The number of sulfonamides is 1. The first-order valence-electron chi connectivity index (χ1n) is 10.8. The normalized spacial score (nSPS) is 14.9. The number of hydrogen-bond donors (Lipinski definition) is 1. The standard InChI is InChI=1S/C23H17Cl2F2N3O6S/c24-15-10-28-11-16(25)20(15)29-22(31)13-2-4-18(36-23(26)27)21-19(13)14-9-12(1-3-17(14)35-21)37(32,33)30-5-7-34-8-6-30/h1-4,9-11,23H,5-8H2,(H,28,29,31). The minimum atomic E-state index is -3.90. The first-order valence-corrected chi connectivity index (χ1v) is 13.0. The lowest BCUT2D eigenvalue weighted by Gasteiger charge is -2.26. The predicted molar refractivity (Wildman–Crippen MR) is 132 cm³/mol. The number of benzene rings is 2. The highest BCUT2D eigenvalue weighted by Crippen LogP contribution is 2.40. The van der Waals surface area contributed by atoms with E-state index in [-0.39, 0.29) is 80.2 Å². The van der Waals surface area contributed by atoms with E-state index < -0.39 is 22.5 Å². The Hall–Kier alpha value is -3.03. The third-order valence-corrected chi connectivity index (χ3v) is 8.18. The zero-order chi connectivity index (χ0) is 26.3. The number of amides is 1. The van der Waals surface area contributed by atoms with Crippen molar-refractivity contribution in [1.29, 1.82) is 0 Å². The Morgan fingerprint density at radius 1 is 1.11 bits per heavy atom. The van der Waals surface area contributed by atoms with Crippen LogP contribution in [-0.4, -0.2) is 56.5 Å². The van der Waals surface area contributed by atoms with Gasteiger partial charge in [0.25, 0.3) is 5.91 Å². The van der Waals surface area contributed by atoms with Crippen LogP contribution < -0.4 is 10.1 Å². The molecule has 1 aliphatic rings. The maximum absolute atomic E-state index is 13.3. The lowest BCUT2D eigenvalue weighted by molar-refractivity contribution is -0.0493. The first kappa shape index (κ1) is 25.6. The third-order valence-electron chi connectivity index (χ3n) is 5.71. The third kappa shape index (κ3) is 4.82. The molecule has 0 unspecified atom stereocenters.